The van der Waals surface area contributed by atoms with E-state index in [0.29, 0.717) is 26.3 Å². The number of aromatic nitrogens is 2. The number of ether oxygens (including phenoxy) is 1. The summed E-state index contributed by atoms with van der Waals surface area (Å²) >= 11 is 17.9. The van der Waals surface area contributed by atoms with Gasteiger partial charge in [-0.3, -0.25) is 9.89 Å². The molecule has 0 saturated heterocycles. The van der Waals surface area contributed by atoms with E-state index in [2.05, 4.69) is 15.5 Å². The Morgan fingerprint density at radius 3 is 2.32 bits per heavy atom. The number of hydrogen-bond acceptors (Lipinski definition) is 5. The first-order valence-corrected chi connectivity index (χ1v) is 12.3. The molecule has 0 saturated carbocycles. The van der Waals surface area contributed by atoms with Gasteiger partial charge >= 0.3 is 0 Å². The molecule has 11 heteroatoms. The molecule has 1 aromatic heterocycles. The number of sulfone groups is 1. The molecule has 0 unspecified atom stereocenters. The maximum atomic E-state index is 13.1. The molecule has 0 aliphatic heterocycles. The second kappa shape index (κ2) is 9.68. The summed E-state index contributed by atoms with van der Waals surface area (Å²) < 4.78 is 31.4. The quantitative estimate of drug-likeness (QED) is 0.309. The number of nitrogens with one attached hydrogen (secondary N) is 2. The van der Waals surface area contributed by atoms with Gasteiger partial charge in [0, 0.05) is 22.3 Å². The number of carbonyl (C=O) groups is 1. The van der Waals surface area contributed by atoms with Crippen molar-refractivity contribution in [1.29, 1.82) is 0 Å². The molecule has 0 aliphatic rings. The molecule has 0 fully saturated rings. The lowest BCUT2D eigenvalue weighted by Gasteiger charge is -2.11. The zero-order valence-electron chi connectivity index (χ0n) is 17.5. The minimum absolute atomic E-state index is 0.0504. The predicted octanol–water partition coefficient (Wildman–Crippen LogP) is 6.13. The van der Waals surface area contributed by atoms with Crippen LogP contribution in [0.1, 0.15) is 10.5 Å². The van der Waals surface area contributed by atoms with Crippen molar-refractivity contribution in [3.05, 3.63) is 87.5 Å². The molecule has 0 spiro atoms. The van der Waals surface area contributed by atoms with Crippen molar-refractivity contribution >= 4 is 56.2 Å². The van der Waals surface area contributed by atoms with Gasteiger partial charge < -0.3 is 10.1 Å². The predicted molar refractivity (Wildman–Crippen MR) is 132 cm³/mol. The lowest BCUT2D eigenvalue weighted by atomic mass is 10.1. The van der Waals surface area contributed by atoms with E-state index in [0.717, 1.165) is 0 Å². The van der Waals surface area contributed by atoms with Crippen LogP contribution in [0.3, 0.4) is 0 Å². The third-order valence-electron chi connectivity index (χ3n) is 4.85. The zero-order chi connectivity index (χ0) is 24.5. The first-order valence-electron chi connectivity index (χ1n) is 9.69. The number of methoxy groups -OCH3 is 1. The number of benzene rings is 3. The van der Waals surface area contributed by atoms with Gasteiger partial charge in [0.05, 0.1) is 32.6 Å². The van der Waals surface area contributed by atoms with Gasteiger partial charge in [0.25, 0.3) is 5.91 Å². The molecule has 0 radical (unpaired) electrons. The van der Waals surface area contributed by atoms with Crippen LogP contribution in [0.15, 0.2) is 76.5 Å². The van der Waals surface area contributed by atoms with Gasteiger partial charge in [0.15, 0.2) is 0 Å². The Balaban J connectivity index is 1.62. The molecule has 3 aromatic carbocycles. The highest BCUT2D eigenvalue weighted by atomic mass is 35.5. The molecular formula is C23H16Cl3N3O4S. The Bertz CT molecular complexity index is 1490. The molecule has 0 aliphatic carbocycles. The van der Waals surface area contributed by atoms with Crippen LogP contribution >= 0.6 is 34.8 Å². The first-order chi connectivity index (χ1) is 16.2. The maximum Gasteiger partial charge on any atom is 0.273 e. The number of halogens is 3. The smallest absolute Gasteiger partial charge is 0.273 e. The van der Waals surface area contributed by atoms with Crippen molar-refractivity contribution in [1.82, 2.24) is 10.2 Å². The Kier molecular flexibility index (Phi) is 6.86. The fraction of sp³-hybridized carbons (Fsp3) is 0.0435. The largest absolute Gasteiger partial charge is 0.497 e. The van der Waals surface area contributed by atoms with Crippen LogP contribution in [0.25, 0.3) is 11.3 Å². The van der Waals surface area contributed by atoms with Crippen LogP contribution < -0.4 is 10.1 Å². The number of anilines is 1. The summed E-state index contributed by atoms with van der Waals surface area (Å²) in [4.78, 5) is 12.8. The van der Waals surface area contributed by atoms with Gasteiger partial charge in [-0.1, -0.05) is 40.9 Å². The highest BCUT2D eigenvalue weighted by Crippen LogP contribution is 2.30. The number of amides is 1. The van der Waals surface area contributed by atoms with Gasteiger partial charge in [0.2, 0.25) is 9.84 Å². The van der Waals surface area contributed by atoms with E-state index in [1.807, 2.05) is 0 Å². The van der Waals surface area contributed by atoms with Crippen LogP contribution in [0.5, 0.6) is 5.75 Å². The number of hydrogen-bond donors (Lipinski definition) is 2. The highest BCUT2D eigenvalue weighted by Gasteiger charge is 2.21. The van der Waals surface area contributed by atoms with E-state index >= 15 is 0 Å². The summed E-state index contributed by atoms with van der Waals surface area (Å²) in [5, 5.41) is 10.6. The van der Waals surface area contributed by atoms with Crippen molar-refractivity contribution in [2.75, 3.05) is 12.4 Å². The summed E-state index contributed by atoms with van der Waals surface area (Å²) in [7, 11) is -2.48. The third-order valence-corrected chi connectivity index (χ3v) is 7.59. The topological polar surface area (TPSA) is 101 Å². The number of rotatable bonds is 6. The second-order valence-electron chi connectivity index (χ2n) is 7.10. The molecule has 0 bridgehead atoms. The maximum absolute atomic E-state index is 13.1. The second-order valence-corrected chi connectivity index (χ2v) is 10.3. The number of carbonyl (C=O) groups excluding carboxylic acids is 1. The molecule has 4 rings (SSSR count). The zero-order valence-corrected chi connectivity index (χ0v) is 20.6. The normalized spacial score (nSPS) is 11.3. The molecule has 7 nitrogen and oxygen atoms in total. The molecule has 1 heterocycles. The molecule has 34 heavy (non-hydrogen) atoms. The Morgan fingerprint density at radius 1 is 0.912 bits per heavy atom. The fourth-order valence-corrected chi connectivity index (χ4v) is 4.85. The monoisotopic (exact) mass is 535 g/mol. The van der Waals surface area contributed by atoms with Gasteiger partial charge in [-0.05, 0) is 54.6 Å². The summed E-state index contributed by atoms with van der Waals surface area (Å²) in [5.74, 6) is -0.270. The standard InChI is InChI=1S/C23H16Cl3N3O4S/c1-33-16-9-15(10-18(11-16)34(31,32)17-5-3-14(24)4-6-17)27-23(30)22-12-21(28-29-22)13-2-7-19(25)20(26)8-13/h2-12H,1H3,(H,27,30)(H,28,29). The highest BCUT2D eigenvalue weighted by molar-refractivity contribution is 7.91. The van der Waals surface area contributed by atoms with E-state index in [-0.39, 0.29) is 26.9 Å². The molecule has 174 valence electrons. The van der Waals surface area contributed by atoms with Crippen molar-refractivity contribution in [3.8, 4) is 17.0 Å². The summed E-state index contributed by atoms with van der Waals surface area (Å²) in [6.07, 6.45) is 0. The number of aromatic amines is 1. The van der Waals surface area contributed by atoms with Crippen LogP contribution in [0.4, 0.5) is 5.69 Å². The van der Waals surface area contributed by atoms with Crippen LogP contribution in [-0.4, -0.2) is 31.6 Å². The van der Waals surface area contributed by atoms with Gasteiger partial charge in [0.1, 0.15) is 11.4 Å². The molecule has 4 aromatic rings. The fourth-order valence-electron chi connectivity index (χ4n) is 3.11. The number of nitrogens with zero attached hydrogens (tertiary/aromatic N) is 1. The molecular weight excluding hydrogens is 521 g/mol. The lowest BCUT2D eigenvalue weighted by Crippen LogP contribution is -2.13. The van der Waals surface area contributed by atoms with Crippen molar-refractivity contribution in [2.24, 2.45) is 0 Å². The first kappa shape index (κ1) is 24.1. The van der Waals surface area contributed by atoms with E-state index < -0.39 is 15.7 Å². The van der Waals surface area contributed by atoms with Gasteiger partial charge in [-0.15, -0.1) is 0 Å². The van der Waals surface area contributed by atoms with Crippen molar-refractivity contribution < 1.29 is 17.9 Å². The van der Waals surface area contributed by atoms with E-state index in [4.69, 9.17) is 39.5 Å². The number of H-pyrrole nitrogens is 1. The Labute approximate surface area is 210 Å². The summed E-state index contributed by atoms with van der Waals surface area (Å²) in [6, 6.07) is 16.6. The molecule has 2 N–H and O–H groups in total. The minimum Gasteiger partial charge on any atom is -0.497 e. The van der Waals surface area contributed by atoms with Crippen LogP contribution in [-0.2, 0) is 9.84 Å². The van der Waals surface area contributed by atoms with Crippen LogP contribution in [0.2, 0.25) is 15.1 Å². The molecule has 1 amide bonds. The average molecular weight is 537 g/mol. The van der Waals surface area contributed by atoms with E-state index in [9.17, 15) is 13.2 Å². The van der Waals surface area contributed by atoms with Gasteiger partial charge in [-0.2, -0.15) is 5.10 Å². The molecule has 0 atom stereocenters. The van der Waals surface area contributed by atoms with E-state index in [1.54, 1.807) is 24.3 Å². The van der Waals surface area contributed by atoms with Crippen molar-refractivity contribution in [3.63, 3.8) is 0 Å². The average Bonchev–Trinajstić information content (AvgIpc) is 3.31. The third kappa shape index (κ3) is 5.05. The minimum atomic E-state index is -3.88. The lowest BCUT2D eigenvalue weighted by molar-refractivity contribution is 0.102. The van der Waals surface area contributed by atoms with Gasteiger partial charge in [-0.25, -0.2) is 8.42 Å². The summed E-state index contributed by atoms with van der Waals surface area (Å²) in [5.41, 5.74) is 1.54. The summed E-state index contributed by atoms with van der Waals surface area (Å²) in [6.45, 7) is 0. The van der Waals surface area contributed by atoms with E-state index in [1.165, 1.54) is 49.6 Å². The Hall–Kier alpha value is -3.04. The van der Waals surface area contributed by atoms with Crippen molar-refractivity contribution in [2.45, 2.75) is 9.79 Å². The Morgan fingerprint density at radius 2 is 1.65 bits per heavy atom. The SMILES string of the molecule is COc1cc(NC(=O)c2cc(-c3ccc(Cl)c(Cl)c3)n[nH]2)cc(S(=O)(=O)c2ccc(Cl)cc2)c1. The van der Waals surface area contributed by atoms with Crippen LogP contribution in [0, 0.1) is 0 Å².